The van der Waals surface area contributed by atoms with Gasteiger partial charge in [0.2, 0.25) is 5.91 Å². The first-order valence-corrected chi connectivity index (χ1v) is 7.29. The van der Waals surface area contributed by atoms with E-state index in [1.807, 2.05) is 6.92 Å². The summed E-state index contributed by atoms with van der Waals surface area (Å²) in [6, 6.07) is 0. The zero-order valence-electron chi connectivity index (χ0n) is 11.7. The molecule has 0 bridgehead atoms. The first kappa shape index (κ1) is 19.0. The molecule has 21 heavy (non-hydrogen) atoms. The number of carbonyl (C=O) groups is 3. The highest BCUT2D eigenvalue weighted by atomic mass is 32.2. The van der Waals surface area contributed by atoms with Crippen molar-refractivity contribution in [2.75, 3.05) is 12.3 Å². The largest absolute Gasteiger partial charge is 0.483 e. The topological polar surface area (TPSA) is 132 Å². The average Bonchev–Trinajstić information content (AvgIpc) is 2.82. The molecule has 9 heteroatoms. The molecule has 8 nitrogen and oxygen atoms in total. The number of carboxylic acid groups (broad SMARTS) is 2. The Morgan fingerprint density at radius 2 is 2.14 bits per heavy atom. The number of hydrogen-bond acceptors (Lipinski definition) is 5. The lowest BCUT2D eigenvalue weighted by molar-refractivity contribution is -0.138. The Balaban J connectivity index is 0.00000122. The quantitative estimate of drug-likeness (QED) is 0.408. The first-order valence-electron chi connectivity index (χ1n) is 6.14. The summed E-state index contributed by atoms with van der Waals surface area (Å²) in [5.41, 5.74) is 2.09. The van der Waals surface area contributed by atoms with Crippen LogP contribution < -0.4 is 5.32 Å². The van der Waals surface area contributed by atoms with E-state index in [0.29, 0.717) is 6.54 Å². The molecule has 118 valence electrons. The van der Waals surface area contributed by atoms with Gasteiger partial charge in [-0.1, -0.05) is 0 Å². The van der Waals surface area contributed by atoms with Gasteiger partial charge in [0.1, 0.15) is 0 Å². The number of aromatic nitrogens is 2. The minimum atomic E-state index is -0.950. The van der Waals surface area contributed by atoms with Gasteiger partial charge in [0.15, 0.2) is 0 Å². The summed E-state index contributed by atoms with van der Waals surface area (Å²) in [5.74, 6) is 0.424. The lowest BCUT2D eigenvalue weighted by Gasteiger charge is -2.03. The van der Waals surface area contributed by atoms with Gasteiger partial charge in [-0.25, -0.2) is 4.98 Å². The Morgan fingerprint density at radius 3 is 2.67 bits per heavy atom. The Kier molecular flexibility index (Phi) is 10.6. The van der Waals surface area contributed by atoms with Crippen molar-refractivity contribution in [1.82, 2.24) is 15.3 Å². The standard InChI is InChI=1S/C11H17N3O3S.CH2O2/c1-8-9(14-7-13-8)6-18-5-4-12-10(15)2-3-11(16)17;2-1-3/h7H,2-6H2,1H3,(H,12,15)(H,13,14)(H,16,17);1H,(H,2,3). The normalized spacial score (nSPS) is 9.38. The molecule has 0 fully saturated rings. The van der Waals surface area contributed by atoms with Gasteiger partial charge in [0, 0.05) is 30.2 Å². The summed E-state index contributed by atoms with van der Waals surface area (Å²) < 4.78 is 0. The molecule has 0 aliphatic carbocycles. The molecule has 0 saturated heterocycles. The van der Waals surface area contributed by atoms with Crippen molar-refractivity contribution in [2.24, 2.45) is 0 Å². The molecule has 0 aliphatic rings. The number of nitrogens with one attached hydrogen (secondary N) is 2. The van der Waals surface area contributed by atoms with Crippen molar-refractivity contribution in [3.05, 3.63) is 17.7 Å². The van der Waals surface area contributed by atoms with Gasteiger partial charge in [-0.3, -0.25) is 14.4 Å². The molecule has 0 atom stereocenters. The van der Waals surface area contributed by atoms with Gasteiger partial charge in [-0.15, -0.1) is 0 Å². The number of H-pyrrole nitrogens is 1. The predicted molar refractivity (Wildman–Crippen MR) is 78.1 cm³/mol. The highest BCUT2D eigenvalue weighted by Gasteiger charge is 2.05. The Bertz CT molecular complexity index is 450. The van der Waals surface area contributed by atoms with E-state index in [1.165, 1.54) is 0 Å². The van der Waals surface area contributed by atoms with E-state index in [1.54, 1.807) is 18.1 Å². The van der Waals surface area contributed by atoms with Crippen molar-refractivity contribution in [3.63, 3.8) is 0 Å². The van der Waals surface area contributed by atoms with Crippen molar-refractivity contribution < 1.29 is 24.6 Å². The molecule has 1 heterocycles. The van der Waals surface area contributed by atoms with Crippen molar-refractivity contribution >= 4 is 30.1 Å². The van der Waals surface area contributed by atoms with E-state index in [0.717, 1.165) is 22.9 Å². The molecule has 0 saturated carbocycles. The number of carboxylic acids is 1. The van der Waals surface area contributed by atoms with Gasteiger partial charge >= 0.3 is 5.97 Å². The van der Waals surface area contributed by atoms with Crippen molar-refractivity contribution in [3.8, 4) is 0 Å². The molecule has 0 unspecified atom stereocenters. The maximum absolute atomic E-state index is 11.2. The van der Waals surface area contributed by atoms with Crippen molar-refractivity contribution in [2.45, 2.75) is 25.5 Å². The van der Waals surface area contributed by atoms with E-state index >= 15 is 0 Å². The number of nitrogens with zero attached hydrogens (tertiary/aromatic N) is 1. The highest BCUT2D eigenvalue weighted by Crippen LogP contribution is 2.11. The first-order chi connectivity index (χ1) is 10.0. The number of imidazole rings is 1. The summed E-state index contributed by atoms with van der Waals surface area (Å²) in [7, 11) is 0. The fourth-order valence-electron chi connectivity index (χ4n) is 1.27. The fourth-order valence-corrected chi connectivity index (χ4v) is 2.15. The van der Waals surface area contributed by atoms with Crippen LogP contribution in [0, 0.1) is 6.92 Å². The minimum Gasteiger partial charge on any atom is -0.483 e. The monoisotopic (exact) mass is 317 g/mol. The molecular formula is C12H19N3O5S. The third-order valence-corrected chi connectivity index (χ3v) is 3.28. The molecule has 0 aliphatic heterocycles. The van der Waals surface area contributed by atoms with E-state index in [2.05, 4.69) is 15.3 Å². The van der Waals surface area contributed by atoms with Crippen molar-refractivity contribution in [1.29, 1.82) is 0 Å². The van der Waals surface area contributed by atoms with Crippen LogP contribution in [0.1, 0.15) is 24.2 Å². The van der Waals surface area contributed by atoms with Crippen LogP contribution in [0.4, 0.5) is 0 Å². The molecule has 4 N–H and O–H groups in total. The third kappa shape index (κ3) is 10.4. The number of aryl methyl sites for hydroxylation is 1. The zero-order chi connectivity index (χ0) is 16.1. The molecule has 1 amide bonds. The van der Waals surface area contributed by atoms with Gasteiger partial charge in [0.25, 0.3) is 6.47 Å². The SMILES string of the molecule is Cc1[nH]cnc1CSCCNC(=O)CCC(=O)O.O=CO. The second-order valence-corrected chi connectivity index (χ2v) is 4.98. The molecule has 0 spiro atoms. The fraction of sp³-hybridized carbons (Fsp3) is 0.500. The second-order valence-electron chi connectivity index (χ2n) is 3.88. The summed E-state index contributed by atoms with van der Waals surface area (Å²) in [4.78, 5) is 37.0. The van der Waals surface area contributed by atoms with Gasteiger partial charge in [-0.05, 0) is 6.92 Å². The summed E-state index contributed by atoms with van der Waals surface area (Å²) >= 11 is 1.68. The summed E-state index contributed by atoms with van der Waals surface area (Å²) in [6.45, 7) is 2.27. The van der Waals surface area contributed by atoms with Crippen LogP contribution in [0.25, 0.3) is 0 Å². The minimum absolute atomic E-state index is 0.0402. The number of carbonyl (C=O) groups excluding carboxylic acids is 1. The Hall–Kier alpha value is -2.03. The predicted octanol–water partition coefficient (Wildman–Crippen LogP) is 0.633. The summed E-state index contributed by atoms with van der Waals surface area (Å²) in [6.07, 6.45) is 1.59. The maximum Gasteiger partial charge on any atom is 0.303 e. The van der Waals surface area contributed by atoms with Crippen LogP contribution in [0.2, 0.25) is 0 Å². The molecule has 1 rings (SSSR count). The van der Waals surface area contributed by atoms with Crippen LogP contribution >= 0.6 is 11.8 Å². The van der Waals surface area contributed by atoms with Crippen LogP contribution in [0.3, 0.4) is 0 Å². The number of aromatic amines is 1. The van der Waals surface area contributed by atoms with Gasteiger partial charge < -0.3 is 20.5 Å². The number of amides is 1. The Labute approximate surface area is 126 Å². The van der Waals surface area contributed by atoms with E-state index in [4.69, 9.17) is 15.0 Å². The molecular weight excluding hydrogens is 298 g/mol. The second kappa shape index (κ2) is 11.8. The van der Waals surface area contributed by atoms with Gasteiger partial charge in [-0.2, -0.15) is 11.8 Å². The van der Waals surface area contributed by atoms with Gasteiger partial charge in [0.05, 0.1) is 18.4 Å². The molecule has 1 aromatic heterocycles. The van der Waals surface area contributed by atoms with Crippen LogP contribution in [-0.2, 0) is 20.1 Å². The lowest BCUT2D eigenvalue weighted by Crippen LogP contribution is -2.26. The Morgan fingerprint density at radius 1 is 1.48 bits per heavy atom. The lowest BCUT2D eigenvalue weighted by atomic mass is 10.3. The highest BCUT2D eigenvalue weighted by molar-refractivity contribution is 7.98. The molecule has 0 radical (unpaired) electrons. The zero-order valence-corrected chi connectivity index (χ0v) is 12.5. The number of hydrogen-bond donors (Lipinski definition) is 4. The smallest absolute Gasteiger partial charge is 0.303 e. The van der Waals surface area contributed by atoms with E-state index in [9.17, 15) is 9.59 Å². The summed E-state index contributed by atoms with van der Waals surface area (Å²) in [5, 5.41) is 18.0. The van der Waals surface area contributed by atoms with E-state index < -0.39 is 5.97 Å². The third-order valence-electron chi connectivity index (χ3n) is 2.31. The van der Waals surface area contributed by atoms with Crippen LogP contribution in [0.5, 0.6) is 0 Å². The number of thioether (sulfide) groups is 1. The molecule has 0 aromatic carbocycles. The van der Waals surface area contributed by atoms with Crippen LogP contribution in [-0.4, -0.2) is 50.8 Å². The van der Waals surface area contributed by atoms with Crippen LogP contribution in [0.15, 0.2) is 6.33 Å². The maximum atomic E-state index is 11.2. The van der Waals surface area contributed by atoms with E-state index in [-0.39, 0.29) is 25.2 Å². The number of rotatable bonds is 8. The number of aliphatic carboxylic acids is 1. The molecule has 1 aromatic rings. The average molecular weight is 317 g/mol.